The fourth-order valence-electron chi connectivity index (χ4n) is 4.18. The van der Waals surface area contributed by atoms with Gasteiger partial charge in [0.2, 0.25) is 5.91 Å². The van der Waals surface area contributed by atoms with E-state index in [1.54, 1.807) is 29.5 Å². The van der Waals surface area contributed by atoms with Crippen molar-refractivity contribution in [1.29, 1.82) is 0 Å². The van der Waals surface area contributed by atoms with Crippen LogP contribution < -0.4 is 4.74 Å². The molecule has 1 atom stereocenters. The largest absolute Gasteiger partial charge is 0.491 e. The molecule has 1 aliphatic rings. The van der Waals surface area contributed by atoms with Crippen molar-refractivity contribution in [3.05, 3.63) is 88.5 Å². The minimum atomic E-state index is -0.329. The molecule has 0 bridgehead atoms. The SMILES string of the molecule is C=CCN(CC(=O)N1CCc2sccc2C1COc1ccc(C(C)C)cc1)C(=O)c1ccco1. The maximum atomic E-state index is 13.4. The molecule has 1 aromatic carbocycles. The van der Waals surface area contributed by atoms with Gasteiger partial charge in [-0.05, 0) is 59.2 Å². The number of furan rings is 1. The van der Waals surface area contributed by atoms with Crippen LogP contribution in [0.2, 0.25) is 0 Å². The highest BCUT2D eigenvalue weighted by Gasteiger charge is 2.33. The van der Waals surface area contributed by atoms with E-state index in [1.807, 2.05) is 17.0 Å². The number of carbonyl (C=O) groups excluding carboxylic acids is 2. The molecule has 1 unspecified atom stereocenters. The summed E-state index contributed by atoms with van der Waals surface area (Å²) in [7, 11) is 0. The Balaban J connectivity index is 1.50. The summed E-state index contributed by atoms with van der Waals surface area (Å²) in [6.45, 7) is 9.19. The Morgan fingerprint density at radius 2 is 2.06 bits per heavy atom. The number of benzene rings is 1. The number of thiophene rings is 1. The third-order valence-electron chi connectivity index (χ3n) is 6.06. The Bertz CT molecular complexity index is 1120. The molecule has 3 aromatic rings. The standard InChI is InChI=1S/C27H30N2O4S/c1-4-13-28(27(31)24-6-5-15-32-24)17-26(30)29-14-11-25-22(12-16-34-25)23(29)18-33-21-9-7-20(8-10-21)19(2)3/h4-10,12,15-16,19,23H,1,11,13-14,17-18H2,2-3H3. The zero-order valence-electron chi connectivity index (χ0n) is 19.6. The van der Waals surface area contributed by atoms with E-state index < -0.39 is 0 Å². The Kier molecular flexibility index (Phi) is 7.53. The summed E-state index contributed by atoms with van der Waals surface area (Å²) < 4.78 is 11.4. The van der Waals surface area contributed by atoms with Crippen LogP contribution in [0.5, 0.6) is 5.75 Å². The molecule has 0 N–H and O–H groups in total. The molecule has 2 amide bonds. The second kappa shape index (κ2) is 10.7. The van der Waals surface area contributed by atoms with Gasteiger partial charge in [-0.1, -0.05) is 32.1 Å². The summed E-state index contributed by atoms with van der Waals surface area (Å²) in [5.41, 5.74) is 2.38. The van der Waals surface area contributed by atoms with Crippen LogP contribution in [-0.4, -0.2) is 47.9 Å². The number of carbonyl (C=O) groups is 2. The van der Waals surface area contributed by atoms with Crippen LogP contribution in [0.15, 0.2) is 71.2 Å². The van der Waals surface area contributed by atoms with E-state index >= 15 is 0 Å². The van der Waals surface area contributed by atoms with Crippen molar-refractivity contribution in [2.75, 3.05) is 26.2 Å². The Morgan fingerprint density at radius 3 is 2.74 bits per heavy atom. The molecule has 0 radical (unpaired) electrons. The predicted molar refractivity (Wildman–Crippen MR) is 133 cm³/mol. The maximum absolute atomic E-state index is 13.4. The van der Waals surface area contributed by atoms with Gasteiger partial charge >= 0.3 is 0 Å². The van der Waals surface area contributed by atoms with Crippen molar-refractivity contribution in [3.63, 3.8) is 0 Å². The normalized spacial score (nSPS) is 15.1. The van der Waals surface area contributed by atoms with Crippen LogP contribution in [-0.2, 0) is 11.2 Å². The molecule has 0 aliphatic carbocycles. The molecule has 0 saturated carbocycles. The minimum Gasteiger partial charge on any atom is -0.491 e. The van der Waals surface area contributed by atoms with Crippen LogP contribution in [0.25, 0.3) is 0 Å². The molecule has 34 heavy (non-hydrogen) atoms. The average Bonchev–Trinajstić information content (AvgIpc) is 3.54. The molecule has 3 heterocycles. The molecule has 6 nitrogen and oxygen atoms in total. The number of rotatable bonds is 9. The summed E-state index contributed by atoms with van der Waals surface area (Å²) in [6, 6.07) is 13.2. The number of hydrogen-bond donors (Lipinski definition) is 0. The summed E-state index contributed by atoms with van der Waals surface area (Å²) in [5.74, 6) is 0.988. The van der Waals surface area contributed by atoms with Crippen molar-refractivity contribution in [2.24, 2.45) is 0 Å². The molecular formula is C27H30N2O4S. The van der Waals surface area contributed by atoms with E-state index in [0.29, 0.717) is 19.1 Å². The van der Waals surface area contributed by atoms with E-state index in [9.17, 15) is 9.59 Å². The lowest BCUT2D eigenvalue weighted by molar-refractivity contribution is -0.135. The first-order valence-corrected chi connectivity index (χ1v) is 12.4. The van der Waals surface area contributed by atoms with E-state index in [1.165, 1.54) is 21.6 Å². The molecule has 0 saturated heterocycles. The monoisotopic (exact) mass is 478 g/mol. The molecular weight excluding hydrogens is 448 g/mol. The van der Waals surface area contributed by atoms with Crippen LogP contribution in [0.3, 0.4) is 0 Å². The average molecular weight is 479 g/mol. The van der Waals surface area contributed by atoms with Gasteiger partial charge in [0.1, 0.15) is 18.9 Å². The van der Waals surface area contributed by atoms with Gasteiger partial charge in [0.25, 0.3) is 5.91 Å². The van der Waals surface area contributed by atoms with E-state index in [2.05, 4.69) is 44.0 Å². The lowest BCUT2D eigenvalue weighted by atomic mass is 10.00. The number of fused-ring (bicyclic) bond motifs is 1. The van der Waals surface area contributed by atoms with Crippen LogP contribution in [0.4, 0.5) is 0 Å². The molecule has 7 heteroatoms. The molecule has 1 aliphatic heterocycles. The van der Waals surface area contributed by atoms with E-state index in [0.717, 1.165) is 17.7 Å². The van der Waals surface area contributed by atoms with Gasteiger partial charge < -0.3 is 19.0 Å². The molecule has 0 fully saturated rings. The number of nitrogens with zero attached hydrogens (tertiary/aromatic N) is 2. The van der Waals surface area contributed by atoms with Crippen molar-refractivity contribution in [3.8, 4) is 5.75 Å². The molecule has 0 spiro atoms. The Morgan fingerprint density at radius 1 is 1.26 bits per heavy atom. The third kappa shape index (κ3) is 5.25. The van der Waals surface area contributed by atoms with Crippen molar-refractivity contribution in [2.45, 2.75) is 32.2 Å². The van der Waals surface area contributed by atoms with Crippen LogP contribution in [0, 0.1) is 0 Å². The van der Waals surface area contributed by atoms with Crippen molar-refractivity contribution >= 4 is 23.2 Å². The topological polar surface area (TPSA) is 63.0 Å². The fraction of sp³-hybridized carbons (Fsp3) is 0.333. The van der Waals surface area contributed by atoms with Crippen LogP contribution >= 0.6 is 11.3 Å². The molecule has 2 aromatic heterocycles. The predicted octanol–water partition coefficient (Wildman–Crippen LogP) is 5.30. The second-order valence-corrected chi connectivity index (χ2v) is 9.64. The highest BCUT2D eigenvalue weighted by Crippen LogP contribution is 2.34. The van der Waals surface area contributed by atoms with Crippen molar-refractivity contribution < 1.29 is 18.7 Å². The third-order valence-corrected chi connectivity index (χ3v) is 7.06. The van der Waals surface area contributed by atoms with Gasteiger partial charge in [-0.3, -0.25) is 9.59 Å². The van der Waals surface area contributed by atoms with Crippen molar-refractivity contribution in [1.82, 2.24) is 9.80 Å². The van der Waals surface area contributed by atoms with Gasteiger partial charge in [-0.25, -0.2) is 0 Å². The molecule has 178 valence electrons. The first-order chi connectivity index (χ1) is 16.5. The van der Waals surface area contributed by atoms with E-state index in [-0.39, 0.29) is 36.7 Å². The summed E-state index contributed by atoms with van der Waals surface area (Å²) in [4.78, 5) is 30.8. The summed E-state index contributed by atoms with van der Waals surface area (Å²) in [6.07, 6.45) is 3.86. The first-order valence-electron chi connectivity index (χ1n) is 11.5. The minimum absolute atomic E-state index is 0.0510. The first kappa shape index (κ1) is 23.8. The zero-order chi connectivity index (χ0) is 24.1. The lowest BCUT2D eigenvalue weighted by Gasteiger charge is -2.37. The summed E-state index contributed by atoms with van der Waals surface area (Å²) >= 11 is 1.71. The van der Waals surface area contributed by atoms with E-state index in [4.69, 9.17) is 9.15 Å². The van der Waals surface area contributed by atoms with Gasteiger partial charge in [0, 0.05) is 18.0 Å². The van der Waals surface area contributed by atoms with Gasteiger partial charge in [0.05, 0.1) is 12.3 Å². The highest BCUT2D eigenvalue weighted by atomic mass is 32.1. The number of amides is 2. The quantitative estimate of drug-likeness (QED) is 0.392. The Hall–Kier alpha value is -3.32. The van der Waals surface area contributed by atoms with Gasteiger partial charge in [-0.15, -0.1) is 17.9 Å². The fourth-order valence-corrected chi connectivity index (χ4v) is 5.11. The summed E-state index contributed by atoms with van der Waals surface area (Å²) in [5, 5.41) is 2.06. The Labute approximate surface area is 204 Å². The molecule has 4 rings (SSSR count). The van der Waals surface area contributed by atoms with Crippen LogP contribution in [0.1, 0.15) is 52.4 Å². The lowest BCUT2D eigenvalue weighted by Crippen LogP contribution is -2.47. The second-order valence-electron chi connectivity index (χ2n) is 8.64. The zero-order valence-corrected chi connectivity index (χ0v) is 20.4. The number of hydrogen-bond acceptors (Lipinski definition) is 5. The van der Waals surface area contributed by atoms with Gasteiger partial charge in [0.15, 0.2) is 5.76 Å². The maximum Gasteiger partial charge on any atom is 0.290 e. The van der Waals surface area contributed by atoms with Gasteiger partial charge in [-0.2, -0.15) is 0 Å². The number of ether oxygens (including phenoxy) is 1. The highest BCUT2D eigenvalue weighted by molar-refractivity contribution is 7.10. The smallest absolute Gasteiger partial charge is 0.290 e.